The molecule has 4 rings (SSSR count). The number of hydrogen-bond acceptors (Lipinski definition) is 5. The molecule has 0 bridgehead atoms. The van der Waals surface area contributed by atoms with E-state index in [-0.39, 0.29) is 17.9 Å². The average Bonchev–Trinajstić information content (AvgIpc) is 3.35. The number of amides is 2. The van der Waals surface area contributed by atoms with Crippen LogP contribution in [0.25, 0.3) is 0 Å². The Kier molecular flexibility index (Phi) is 6.39. The van der Waals surface area contributed by atoms with E-state index in [4.69, 9.17) is 4.42 Å². The van der Waals surface area contributed by atoms with Crippen LogP contribution in [0.15, 0.2) is 81.1 Å². The molecule has 0 atom stereocenters. The molecule has 0 unspecified atom stereocenters. The Morgan fingerprint density at radius 3 is 2.42 bits per heavy atom. The van der Waals surface area contributed by atoms with Gasteiger partial charge in [-0.15, -0.1) is 0 Å². The zero-order valence-corrected chi connectivity index (χ0v) is 17.6. The lowest BCUT2D eigenvalue weighted by Crippen LogP contribution is -2.46. The van der Waals surface area contributed by atoms with E-state index >= 15 is 0 Å². The number of carbonyl (C=O) groups excluding carboxylic acids is 2. The maximum absolute atomic E-state index is 13.0. The maximum Gasteiger partial charge on any atom is 0.289 e. The lowest BCUT2D eigenvalue weighted by atomic mass is 10.0. The van der Waals surface area contributed by atoms with E-state index in [0.29, 0.717) is 42.8 Å². The van der Waals surface area contributed by atoms with Crippen LogP contribution in [-0.2, 0) is 0 Å². The van der Waals surface area contributed by atoms with Crippen molar-refractivity contribution in [1.82, 2.24) is 10.2 Å². The first-order valence-corrected chi connectivity index (χ1v) is 10.9. The van der Waals surface area contributed by atoms with Gasteiger partial charge in [-0.2, -0.15) is 5.26 Å². The first-order chi connectivity index (χ1) is 15.2. The number of rotatable bonds is 5. The zero-order chi connectivity index (χ0) is 21.6. The Balaban J connectivity index is 1.40. The number of nitriles is 1. The summed E-state index contributed by atoms with van der Waals surface area (Å²) in [5, 5.41) is 12.4. The van der Waals surface area contributed by atoms with E-state index in [9.17, 15) is 14.9 Å². The number of nitrogens with zero attached hydrogens (tertiary/aromatic N) is 2. The number of benzene rings is 2. The maximum atomic E-state index is 13.0. The standard InChI is InChI=1S/C24H21N3O3S/c25-16-17-6-1-3-9-21(17)31-22-10-4-2-7-19(22)23(28)26-18-11-13-27(14-12-18)24(29)20-8-5-15-30-20/h1-10,15,18H,11-14H2,(H,26,28). The summed E-state index contributed by atoms with van der Waals surface area (Å²) in [5.41, 5.74) is 1.16. The molecule has 1 aliphatic heterocycles. The highest BCUT2D eigenvalue weighted by atomic mass is 32.2. The summed E-state index contributed by atoms with van der Waals surface area (Å²) in [5.74, 6) is 0.0760. The molecule has 0 radical (unpaired) electrons. The van der Waals surface area contributed by atoms with Gasteiger partial charge >= 0.3 is 0 Å². The molecule has 2 amide bonds. The molecule has 7 heteroatoms. The van der Waals surface area contributed by atoms with E-state index in [1.165, 1.54) is 18.0 Å². The fourth-order valence-corrected chi connectivity index (χ4v) is 4.58. The normalized spacial score (nSPS) is 14.1. The van der Waals surface area contributed by atoms with Gasteiger partial charge in [0.2, 0.25) is 0 Å². The quantitative estimate of drug-likeness (QED) is 0.650. The Morgan fingerprint density at radius 1 is 1.00 bits per heavy atom. The second-order valence-corrected chi connectivity index (χ2v) is 8.31. The highest BCUT2D eigenvalue weighted by Crippen LogP contribution is 2.32. The lowest BCUT2D eigenvalue weighted by Gasteiger charge is -2.32. The summed E-state index contributed by atoms with van der Waals surface area (Å²) in [4.78, 5) is 28.8. The van der Waals surface area contributed by atoms with Crippen molar-refractivity contribution in [2.75, 3.05) is 13.1 Å². The minimum Gasteiger partial charge on any atom is -0.459 e. The second-order valence-electron chi connectivity index (χ2n) is 7.22. The molecule has 0 saturated carbocycles. The van der Waals surface area contributed by atoms with Gasteiger partial charge in [-0.1, -0.05) is 36.0 Å². The molecule has 1 aromatic heterocycles. The van der Waals surface area contributed by atoms with Crippen LogP contribution >= 0.6 is 11.8 Å². The molecular formula is C24H21N3O3S. The zero-order valence-electron chi connectivity index (χ0n) is 16.8. The van der Waals surface area contributed by atoms with Crippen molar-refractivity contribution in [1.29, 1.82) is 5.26 Å². The first-order valence-electron chi connectivity index (χ1n) is 10.1. The van der Waals surface area contributed by atoms with Gasteiger partial charge in [0.1, 0.15) is 6.07 Å². The highest BCUT2D eigenvalue weighted by Gasteiger charge is 2.26. The molecule has 2 aromatic carbocycles. The van der Waals surface area contributed by atoms with Crippen molar-refractivity contribution >= 4 is 23.6 Å². The SMILES string of the molecule is N#Cc1ccccc1Sc1ccccc1C(=O)NC1CCN(C(=O)c2ccco2)CC1. The first kappa shape index (κ1) is 20.8. The predicted octanol–water partition coefficient (Wildman–Crippen LogP) is 4.34. The van der Waals surface area contributed by atoms with Gasteiger partial charge in [0.15, 0.2) is 5.76 Å². The van der Waals surface area contributed by atoms with Crippen LogP contribution in [0.4, 0.5) is 0 Å². The largest absolute Gasteiger partial charge is 0.459 e. The molecule has 3 aromatic rings. The van der Waals surface area contributed by atoms with Crippen molar-refractivity contribution in [2.24, 2.45) is 0 Å². The molecule has 2 heterocycles. The predicted molar refractivity (Wildman–Crippen MR) is 117 cm³/mol. The monoisotopic (exact) mass is 431 g/mol. The van der Waals surface area contributed by atoms with Crippen molar-refractivity contribution in [3.05, 3.63) is 83.8 Å². The molecule has 0 spiro atoms. The summed E-state index contributed by atoms with van der Waals surface area (Å²) < 4.78 is 5.19. The van der Waals surface area contributed by atoms with Crippen molar-refractivity contribution in [3.63, 3.8) is 0 Å². The minimum atomic E-state index is -0.145. The van der Waals surface area contributed by atoms with Gasteiger partial charge in [-0.05, 0) is 49.2 Å². The molecule has 1 N–H and O–H groups in total. The van der Waals surface area contributed by atoms with Crippen molar-refractivity contribution in [3.8, 4) is 6.07 Å². The van der Waals surface area contributed by atoms with E-state index in [1.807, 2.05) is 36.4 Å². The van der Waals surface area contributed by atoms with Gasteiger partial charge in [-0.25, -0.2) is 0 Å². The third-order valence-corrected chi connectivity index (χ3v) is 6.36. The molecule has 6 nitrogen and oxygen atoms in total. The van der Waals surface area contributed by atoms with Crippen LogP contribution in [0.3, 0.4) is 0 Å². The average molecular weight is 432 g/mol. The van der Waals surface area contributed by atoms with Crippen LogP contribution in [-0.4, -0.2) is 35.8 Å². The van der Waals surface area contributed by atoms with Gasteiger partial charge in [0, 0.05) is 28.9 Å². The molecule has 156 valence electrons. The highest BCUT2D eigenvalue weighted by molar-refractivity contribution is 7.99. The molecule has 1 saturated heterocycles. The fraction of sp³-hybridized carbons (Fsp3) is 0.208. The second kappa shape index (κ2) is 9.54. The number of carbonyl (C=O) groups is 2. The fourth-order valence-electron chi connectivity index (χ4n) is 3.56. The van der Waals surface area contributed by atoms with Crippen molar-refractivity contribution < 1.29 is 14.0 Å². The Morgan fingerprint density at radius 2 is 1.71 bits per heavy atom. The third-order valence-electron chi connectivity index (χ3n) is 5.21. The van der Waals surface area contributed by atoms with E-state index in [0.717, 1.165) is 9.79 Å². The van der Waals surface area contributed by atoms with E-state index < -0.39 is 0 Å². The van der Waals surface area contributed by atoms with Crippen LogP contribution in [0.5, 0.6) is 0 Å². The Labute approximate surface area is 184 Å². The number of furan rings is 1. The third kappa shape index (κ3) is 4.81. The van der Waals surface area contributed by atoms with Gasteiger partial charge < -0.3 is 14.6 Å². The van der Waals surface area contributed by atoms with Gasteiger partial charge in [0.25, 0.3) is 11.8 Å². The summed E-state index contributed by atoms with van der Waals surface area (Å²) in [6.45, 7) is 1.13. The summed E-state index contributed by atoms with van der Waals surface area (Å²) in [6.07, 6.45) is 2.86. The van der Waals surface area contributed by atoms with E-state index in [1.54, 1.807) is 29.2 Å². The molecule has 1 aliphatic rings. The Bertz CT molecular complexity index is 1110. The minimum absolute atomic E-state index is 0.00222. The molecule has 0 aliphatic carbocycles. The van der Waals surface area contributed by atoms with Crippen LogP contribution < -0.4 is 5.32 Å². The number of likely N-dealkylation sites (tertiary alicyclic amines) is 1. The number of hydrogen-bond donors (Lipinski definition) is 1. The van der Waals surface area contributed by atoms with Crippen LogP contribution in [0.2, 0.25) is 0 Å². The number of nitrogens with one attached hydrogen (secondary N) is 1. The van der Waals surface area contributed by atoms with Crippen molar-refractivity contribution in [2.45, 2.75) is 28.7 Å². The summed E-state index contributed by atoms with van der Waals surface area (Å²) in [6, 6.07) is 20.3. The topological polar surface area (TPSA) is 86.3 Å². The van der Waals surface area contributed by atoms with E-state index in [2.05, 4.69) is 11.4 Å². The van der Waals surface area contributed by atoms with Gasteiger partial charge in [0.05, 0.1) is 17.4 Å². The summed E-state index contributed by atoms with van der Waals surface area (Å²) >= 11 is 1.41. The van der Waals surface area contributed by atoms with Gasteiger partial charge in [-0.3, -0.25) is 9.59 Å². The lowest BCUT2D eigenvalue weighted by molar-refractivity contribution is 0.0667. The Hall–Kier alpha value is -3.50. The summed E-state index contributed by atoms with van der Waals surface area (Å²) in [7, 11) is 0. The molecular weight excluding hydrogens is 410 g/mol. The smallest absolute Gasteiger partial charge is 0.289 e. The van der Waals surface area contributed by atoms with Crippen LogP contribution in [0, 0.1) is 11.3 Å². The molecule has 1 fully saturated rings. The molecule has 31 heavy (non-hydrogen) atoms. The van der Waals surface area contributed by atoms with Crippen LogP contribution in [0.1, 0.15) is 39.3 Å². The number of piperidine rings is 1.